The van der Waals surface area contributed by atoms with Gasteiger partial charge in [0.2, 0.25) is 0 Å². The quantitative estimate of drug-likeness (QED) is 0.447. The SMILES string of the molecule is CC[CH][Si](C)(C)O[Si](c1ccccc1)(c1ccccc1)c1ccccc1. The first-order chi connectivity index (χ1) is 12.6. The van der Waals surface area contributed by atoms with Gasteiger partial charge in [-0.25, -0.2) is 0 Å². The fourth-order valence-corrected chi connectivity index (χ4v) is 12.5. The smallest absolute Gasteiger partial charge is 0.278 e. The highest BCUT2D eigenvalue weighted by Crippen LogP contribution is 2.19. The maximum atomic E-state index is 7.25. The van der Waals surface area contributed by atoms with Crippen LogP contribution in [0.5, 0.6) is 0 Å². The van der Waals surface area contributed by atoms with Crippen LogP contribution in [0.4, 0.5) is 0 Å². The summed E-state index contributed by atoms with van der Waals surface area (Å²) >= 11 is 0. The fourth-order valence-electron chi connectivity index (χ4n) is 3.62. The number of hydrogen-bond donors (Lipinski definition) is 0. The van der Waals surface area contributed by atoms with Gasteiger partial charge in [0.15, 0.2) is 8.32 Å². The number of hydrogen-bond acceptors (Lipinski definition) is 1. The molecule has 3 heteroatoms. The molecule has 0 aromatic heterocycles. The van der Waals surface area contributed by atoms with Crippen LogP contribution >= 0.6 is 0 Å². The molecule has 0 spiro atoms. The summed E-state index contributed by atoms with van der Waals surface area (Å²) in [4.78, 5) is 0. The molecule has 0 heterocycles. The van der Waals surface area contributed by atoms with Crippen molar-refractivity contribution in [1.29, 1.82) is 0 Å². The molecule has 0 amide bonds. The minimum atomic E-state index is -2.57. The Hall–Kier alpha value is -1.95. The van der Waals surface area contributed by atoms with Gasteiger partial charge in [-0.05, 0) is 34.7 Å². The van der Waals surface area contributed by atoms with Gasteiger partial charge in [-0.15, -0.1) is 0 Å². The topological polar surface area (TPSA) is 9.23 Å². The zero-order valence-electron chi connectivity index (χ0n) is 15.9. The van der Waals surface area contributed by atoms with Gasteiger partial charge in [-0.1, -0.05) is 104 Å². The molecular formula is C23H27OSi2. The summed E-state index contributed by atoms with van der Waals surface area (Å²) < 4.78 is 7.25. The second kappa shape index (κ2) is 8.17. The van der Waals surface area contributed by atoms with Crippen molar-refractivity contribution in [1.82, 2.24) is 0 Å². The summed E-state index contributed by atoms with van der Waals surface area (Å²) in [6, 6.07) is 34.9. The Morgan fingerprint density at radius 3 is 1.31 bits per heavy atom. The Labute approximate surface area is 159 Å². The van der Waals surface area contributed by atoms with Crippen LogP contribution in [0.3, 0.4) is 0 Å². The van der Waals surface area contributed by atoms with Gasteiger partial charge in [0.25, 0.3) is 8.32 Å². The Bertz CT molecular complexity index is 705. The molecule has 0 aliphatic heterocycles. The Balaban J connectivity index is 2.28. The van der Waals surface area contributed by atoms with Crippen LogP contribution in [0.1, 0.15) is 13.3 Å². The van der Waals surface area contributed by atoms with Crippen LogP contribution in [-0.4, -0.2) is 16.6 Å². The molecule has 0 bridgehead atoms. The van der Waals surface area contributed by atoms with Gasteiger partial charge < -0.3 is 4.12 Å². The zero-order valence-corrected chi connectivity index (χ0v) is 17.9. The van der Waals surface area contributed by atoms with E-state index in [4.69, 9.17) is 4.12 Å². The van der Waals surface area contributed by atoms with Crippen molar-refractivity contribution >= 4 is 32.2 Å². The summed E-state index contributed by atoms with van der Waals surface area (Å²) in [5, 5.41) is 3.92. The second-order valence-corrected chi connectivity index (χ2v) is 14.6. The molecule has 1 radical (unpaired) electrons. The standard InChI is InChI=1S/C23H27OSi2/c1-4-20-25(2,3)24-26(21-14-8-5-9-15-21,22-16-10-6-11-17-22)23-18-12-7-13-19-23/h5-20H,4H2,1-3H3. The van der Waals surface area contributed by atoms with Crippen molar-refractivity contribution in [3.63, 3.8) is 0 Å². The normalized spacial score (nSPS) is 12.1. The van der Waals surface area contributed by atoms with Crippen LogP contribution in [-0.2, 0) is 4.12 Å². The Morgan fingerprint density at radius 2 is 1.00 bits per heavy atom. The molecule has 0 saturated carbocycles. The third-order valence-electron chi connectivity index (χ3n) is 4.65. The minimum Gasteiger partial charge on any atom is -0.446 e. The maximum absolute atomic E-state index is 7.25. The van der Waals surface area contributed by atoms with Crippen molar-refractivity contribution in [2.45, 2.75) is 26.4 Å². The van der Waals surface area contributed by atoms with Crippen molar-refractivity contribution in [2.24, 2.45) is 0 Å². The van der Waals surface area contributed by atoms with Crippen LogP contribution in [0.25, 0.3) is 0 Å². The van der Waals surface area contributed by atoms with E-state index in [-0.39, 0.29) is 0 Å². The maximum Gasteiger partial charge on any atom is 0.278 e. The lowest BCUT2D eigenvalue weighted by atomic mass is 10.3. The van der Waals surface area contributed by atoms with E-state index in [0.29, 0.717) is 0 Å². The molecule has 0 atom stereocenters. The lowest BCUT2D eigenvalue weighted by molar-refractivity contribution is 0.577. The lowest BCUT2D eigenvalue weighted by Crippen LogP contribution is -2.72. The molecule has 3 rings (SSSR count). The summed E-state index contributed by atoms with van der Waals surface area (Å²) in [7, 11) is -4.52. The van der Waals surface area contributed by atoms with Crippen molar-refractivity contribution in [2.75, 3.05) is 0 Å². The van der Waals surface area contributed by atoms with Crippen LogP contribution in [0.2, 0.25) is 13.1 Å². The van der Waals surface area contributed by atoms with Gasteiger partial charge in [0.05, 0.1) is 0 Å². The Kier molecular flexibility index (Phi) is 5.92. The first-order valence-corrected chi connectivity index (χ1v) is 14.2. The van der Waals surface area contributed by atoms with E-state index in [0.717, 1.165) is 6.42 Å². The monoisotopic (exact) mass is 375 g/mol. The molecule has 3 aromatic carbocycles. The van der Waals surface area contributed by atoms with Crippen LogP contribution in [0.15, 0.2) is 91.0 Å². The minimum absolute atomic E-state index is 1.04. The van der Waals surface area contributed by atoms with Crippen molar-refractivity contribution in [3.05, 3.63) is 97.0 Å². The van der Waals surface area contributed by atoms with E-state index in [1.807, 2.05) is 0 Å². The summed E-state index contributed by atoms with van der Waals surface area (Å²) in [6.07, 6.45) is 1.04. The highest BCUT2D eigenvalue weighted by Gasteiger charge is 2.45. The molecule has 0 aliphatic carbocycles. The zero-order chi connectivity index (χ0) is 18.5. The highest BCUT2D eigenvalue weighted by molar-refractivity contribution is 7.10. The molecule has 3 aromatic rings. The first-order valence-electron chi connectivity index (χ1n) is 9.29. The van der Waals surface area contributed by atoms with Crippen LogP contribution < -0.4 is 15.6 Å². The molecule has 1 nitrogen and oxygen atoms in total. The summed E-state index contributed by atoms with van der Waals surface area (Å²) in [5.41, 5.74) is 0. The van der Waals surface area contributed by atoms with E-state index >= 15 is 0 Å². The lowest BCUT2D eigenvalue weighted by Gasteiger charge is -2.40. The third-order valence-corrected chi connectivity index (χ3v) is 12.8. The van der Waals surface area contributed by atoms with Gasteiger partial charge >= 0.3 is 0 Å². The third kappa shape index (κ3) is 3.90. The largest absolute Gasteiger partial charge is 0.446 e. The summed E-state index contributed by atoms with van der Waals surface area (Å²) in [5.74, 6) is 0. The van der Waals surface area contributed by atoms with Crippen molar-refractivity contribution < 1.29 is 4.12 Å². The highest BCUT2D eigenvalue weighted by atomic mass is 28.4. The first kappa shape index (κ1) is 18.8. The van der Waals surface area contributed by atoms with Gasteiger partial charge in [-0.3, -0.25) is 0 Å². The predicted octanol–water partition coefficient (Wildman–Crippen LogP) is 4.03. The Morgan fingerprint density at radius 1 is 0.654 bits per heavy atom. The van der Waals surface area contributed by atoms with E-state index in [1.54, 1.807) is 0 Å². The van der Waals surface area contributed by atoms with Gasteiger partial charge in [0, 0.05) is 0 Å². The van der Waals surface area contributed by atoms with Gasteiger partial charge in [0.1, 0.15) is 0 Å². The van der Waals surface area contributed by atoms with E-state index in [2.05, 4.69) is 117 Å². The number of rotatable bonds is 7. The van der Waals surface area contributed by atoms with E-state index in [1.165, 1.54) is 15.6 Å². The molecule has 133 valence electrons. The molecule has 0 N–H and O–H groups in total. The molecule has 0 aliphatic rings. The van der Waals surface area contributed by atoms with Crippen molar-refractivity contribution in [3.8, 4) is 0 Å². The second-order valence-electron chi connectivity index (χ2n) is 7.10. The van der Waals surface area contributed by atoms with E-state index < -0.39 is 16.6 Å². The molecule has 0 saturated heterocycles. The molecular weight excluding hydrogens is 348 g/mol. The van der Waals surface area contributed by atoms with Crippen LogP contribution in [0, 0.1) is 6.04 Å². The average molecular weight is 376 g/mol. The summed E-state index contributed by atoms with van der Waals surface area (Å²) in [6.45, 7) is 6.83. The number of benzene rings is 3. The average Bonchev–Trinajstić information content (AvgIpc) is 2.68. The molecule has 26 heavy (non-hydrogen) atoms. The van der Waals surface area contributed by atoms with E-state index in [9.17, 15) is 0 Å². The van der Waals surface area contributed by atoms with Gasteiger partial charge in [-0.2, -0.15) is 0 Å². The predicted molar refractivity (Wildman–Crippen MR) is 117 cm³/mol. The molecule has 0 unspecified atom stereocenters. The molecule has 0 fully saturated rings. The fraction of sp³-hybridized carbons (Fsp3) is 0.174.